The fraction of sp³-hybridized carbons (Fsp3) is 0.200. The molecule has 20 heavy (non-hydrogen) atoms. The van der Waals surface area contributed by atoms with Gasteiger partial charge >= 0.3 is 0 Å². The first-order valence-electron chi connectivity index (χ1n) is 6.26. The number of aromatic hydroxyl groups is 1. The number of nitriles is 1. The van der Waals surface area contributed by atoms with Gasteiger partial charge in [0.1, 0.15) is 11.5 Å². The minimum atomic E-state index is -0.170. The number of nitrogens with one attached hydrogen (secondary N) is 1. The molecule has 0 saturated heterocycles. The lowest BCUT2D eigenvalue weighted by molar-refractivity contribution is -0.117. The molecular formula is C15H12N2O3. The average molecular weight is 268 g/mol. The lowest BCUT2D eigenvalue weighted by atomic mass is 10.2. The first-order chi connectivity index (χ1) is 9.69. The Labute approximate surface area is 115 Å². The Morgan fingerprint density at radius 3 is 3.00 bits per heavy atom. The van der Waals surface area contributed by atoms with Crippen LogP contribution in [0.1, 0.15) is 23.7 Å². The molecule has 2 aromatic rings. The summed E-state index contributed by atoms with van der Waals surface area (Å²) >= 11 is 0. The molecule has 100 valence electrons. The van der Waals surface area contributed by atoms with Crippen molar-refractivity contribution in [1.82, 2.24) is 0 Å². The van der Waals surface area contributed by atoms with Crippen LogP contribution in [0.5, 0.6) is 5.75 Å². The molecule has 1 aromatic carbocycles. The Kier molecular flexibility index (Phi) is 2.92. The minimum Gasteiger partial charge on any atom is -0.506 e. The number of benzene rings is 1. The number of hydrogen-bond donors (Lipinski definition) is 2. The van der Waals surface area contributed by atoms with Crippen molar-refractivity contribution in [3.63, 3.8) is 0 Å². The molecular weight excluding hydrogens is 256 g/mol. The predicted molar refractivity (Wildman–Crippen MR) is 71.0 cm³/mol. The summed E-state index contributed by atoms with van der Waals surface area (Å²) in [4.78, 5) is 12.1. The summed E-state index contributed by atoms with van der Waals surface area (Å²) in [5.41, 5.74) is 0.649. The van der Waals surface area contributed by atoms with Crippen molar-refractivity contribution in [2.24, 2.45) is 5.92 Å². The summed E-state index contributed by atoms with van der Waals surface area (Å²) in [6.45, 7) is 0. The van der Waals surface area contributed by atoms with E-state index in [2.05, 4.69) is 5.32 Å². The molecule has 5 heteroatoms. The van der Waals surface area contributed by atoms with Crippen molar-refractivity contribution in [3.05, 3.63) is 47.9 Å². The third-order valence-electron chi connectivity index (χ3n) is 3.42. The zero-order valence-corrected chi connectivity index (χ0v) is 10.5. The zero-order valence-electron chi connectivity index (χ0n) is 10.5. The lowest BCUT2D eigenvalue weighted by Gasteiger charge is -2.07. The molecule has 1 amide bonds. The highest BCUT2D eigenvalue weighted by atomic mass is 16.3. The average Bonchev–Trinajstić information content (AvgIpc) is 3.07. The second-order valence-corrected chi connectivity index (χ2v) is 4.80. The second-order valence-electron chi connectivity index (χ2n) is 4.80. The van der Waals surface area contributed by atoms with Gasteiger partial charge in [-0.1, -0.05) is 0 Å². The van der Waals surface area contributed by atoms with Crippen LogP contribution in [0.25, 0.3) is 0 Å². The number of amides is 1. The maximum absolute atomic E-state index is 12.1. The van der Waals surface area contributed by atoms with Gasteiger partial charge in [-0.25, -0.2) is 0 Å². The van der Waals surface area contributed by atoms with Crippen LogP contribution in [-0.4, -0.2) is 11.0 Å². The van der Waals surface area contributed by atoms with Crippen LogP contribution in [0, 0.1) is 17.2 Å². The van der Waals surface area contributed by atoms with E-state index in [1.807, 2.05) is 12.1 Å². The van der Waals surface area contributed by atoms with Gasteiger partial charge in [0.15, 0.2) is 0 Å². The van der Waals surface area contributed by atoms with E-state index in [1.165, 1.54) is 18.2 Å². The molecule has 2 atom stereocenters. The number of anilines is 1. The molecule has 0 unspecified atom stereocenters. The summed E-state index contributed by atoms with van der Waals surface area (Å²) in [5, 5.41) is 21.2. The minimum absolute atomic E-state index is 0.0486. The number of carbonyl (C=O) groups is 1. The topological polar surface area (TPSA) is 86.3 Å². The van der Waals surface area contributed by atoms with Gasteiger partial charge in [0.05, 0.1) is 23.6 Å². The Hall–Kier alpha value is -2.74. The zero-order chi connectivity index (χ0) is 14.1. The molecule has 0 spiro atoms. The third kappa shape index (κ3) is 2.24. The van der Waals surface area contributed by atoms with E-state index in [1.54, 1.807) is 12.3 Å². The normalized spacial score (nSPS) is 20.1. The number of furan rings is 1. The van der Waals surface area contributed by atoms with E-state index in [0.29, 0.717) is 5.56 Å². The molecule has 3 rings (SSSR count). The lowest BCUT2D eigenvalue weighted by Crippen LogP contribution is -2.14. The van der Waals surface area contributed by atoms with E-state index in [9.17, 15) is 9.90 Å². The third-order valence-corrected chi connectivity index (χ3v) is 3.42. The smallest absolute Gasteiger partial charge is 0.228 e. The standard InChI is InChI=1S/C15H12N2O3/c16-8-9-3-4-13(18)12(6-9)17-15(19)11-7-10(11)14-2-1-5-20-14/h1-6,10-11,18H,7H2,(H,17,19)/t10-,11+/m1/s1. The Balaban J connectivity index is 1.70. The molecule has 0 bridgehead atoms. The molecule has 1 saturated carbocycles. The maximum Gasteiger partial charge on any atom is 0.228 e. The Bertz CT molecular complexity index is 686. The molecule has 1 aromatic heterocycles. The van der Waals surface area contributed by atoms with Crippen LogP contribution in [0.4, 0.5) is 5.69 Å². The van der Waals surface area contributed by atoms with Gasteiger partial charge in [-0.15, -0.1) is 0 Å². The fourth-order valence-electron chi connectivity index (χ4n) is 2.23. The van der Waals surface area contributed by atoms with Gasteiger partial charge in [-0.2, -0.15) is 5.26 Å². The van der Waals surface area contributed by atoms with E-state index < -0.39 is 0 Å². The molecule has 1 fully saturated rings. The number of hydrogen-bond acceptors (Lipinski definition) is 4. The SMILES string of the molecule is N#Cc1ccc(O)c(NC(=O)[C@H]2C[C@H]2c2ccco2)c1. The van der Waals surface area contributed by atoms with Crippen molar-refractivity contribution in [3.8, 4) is 11.8 Å². The number of nitrogens with zero attached hydrogens (tertiary/aromatic N) is 1. The number of phenolic OH excluding ortho intramolecular Hbond substituents is 1. The molecule has 2 N–H and O–H groups in total. The first kappa shape index (κ1) is 12.3. The summed E-state index contributed by atoms with van der Waals surface area (Å²) < 4.78 is 5.28. The molecule has 1 aliphatic rings. The van der Waals surface area contributed by atoms with Gasteiger partial charge in [-0.3, -0.25) is 4.79 Å². The van der Waals surface area contributed by atoms with Crippen LogP contribution in [0.3, 0.4) is 0 Å². The molecule has 1 heterocycles. The molecule has 5 nitrogen and oxygen atoms in total. The van der Waals surface area contributed by atoms with Crippen molar-refractivity contribution < 1.29 is 14.3 Å². The van der Waals surface area contributed by atoms with Gasteiger partial charge in [0, 0.05) is 11.8 Å². The van der Waals surface area contributed by atoms with Crippen molar-refractivity contribution in [1.29, 1.82) is 5.26 Å². The number of rotatable bonds is 3. The Morgan fingerprint density at radius 2 is 2.30 bits per heavy atom. The highest BCUT2D eigenvalue weighted by molar-refractivity contribution is 5.96. The van der Waals surface area contributed by atoms with Crippen LogP contribution >= 0.6 is 0 Å². The quantitative estimate of drug-likeness (QED) is 0.838. The summed E-state index contributed by atoms with van der Waals surface area (Å²) in [7, 11) is 0. The molecule has 0 aliphatic heterocycles. The van der Waals surface area contributed by atoms with Gasteiger partial charge in [0.25, 0.3) is 0 Å². The van der Waals surface area contributed by atoms with Crippen LogP contribution in [0.2, 0.25) is 0 Å². The summed E-state index contributed by atoms with van der Waals surface area (Å²) in [6.07, 6.45) is 2.32. The first-order valence-corrected chi connectivity index (χ1v) is 6.26. The van der Waals surface area contributed by atoms with Gasteiger partial charge in [-0.05, 0) is 36.8 Å². The Morgan fingerprint density at radius 1 is 1.45 bits per heavy atom. The molecule has 1 aliphatic carbocycles. The van der Waals surface area contributed by atoms with Gasteiger partial charge < -0.3 is 14.8 Å². The summed E-state index contributed by atoms with van der Waals surface area (Å²) in [6, 6.07) is 9.96. The second kappa shape index (κ2) is 4.74. The highest BCUT2D eigenvalue weighted by Crippen LogP contribution is 2.48. The monoisotopic (exact) mass is 268 g/mol. The van der Waals surface area contributed by atoms with E-state index in [4.69, 9.17) is 9.68 Å². The van der Waals surface area contributed by atoms with Crippen LogP contribution in [0.15, 0.2) is 41.0 Å². The molecule has 0 radical (unpaired) electrons. The van der Waals surface area contributed by atoms with Crippen molar-refractivity contribution in [2.45, 2.75) is 12.3 Å². The fourth-order valence-corrected chi connectivity index (χ4v) is 2.23. The van der Waals surface area contributed by atoms with Crippen molar-refractivity contribution in [2.75, 3.05) is 5.32 Å². The predicted octanol–water partition coefficient (Wildman–Crippen LogP) is 2.60. The number of phenols is 1. The van der Waals surface area contributed by atoms with E-state index in [0.717, 1.165) is 12.2 Å². The van der Waals surface area contributed by atoms with E-state index in [-0.39, 0.29) is 29.2 Å². The van der Waals surface area contributed by atoms with Crippen LogP contribution < -0.4 is 5.32 Å². The number of carbonyl (C=O) groups excluding carboxylic acids is 1. The van der Waals surface area contributed by atoms with Crippen LogP contribution in [-0.2, 0) is 4.79 Å². The van der Waals surface area contributed by atoms with E-state index >= 15 is 0 Å². The van der Waals surface area contributed by atoms with Gasteiger partial charge in [0.2, 0.25) is 5.91 Å². The largest absolute Gasteiger partial charge is 0.506 e. The maximum atomic E-state index is 12.1. The van der Waals surface area contributed by atoms with Crippen molar-refractivity contribution >= 4 is 11.6 Å². The highest BCUT2D eigenvalue weighted by Gasteiger charge is 2.45. The summed E-state index contributed by atoms with van der Waals surface area (Å²) in [5.74, 6) is 0.544.